The number of carbonyl (C=O) groups is 1. The number of hydrogen-bond donors (Lipinski definition) is 2. The lowest BCUT2D eigenvalue weighted by atomic mass is 9.80. The molecule has 0 aromatic carbocycles. The Morgan fingerprint density at radius 2 is 1.82 bits per heavy atom. The Morgan fingerprint density at radius 3 is 2.41 bits per heavy atom. The van der Waals surface area contributed by atoms with Gasteiger partial charge in [-0.05, 0) is 50.5 Å². The van der Waals surface area contributed by atoms with Gasteiger partial charge in [0.25, 0.3) is 0 Å². The highest BCUT2D eigenvalue weighted by atomic mass is 16.1. The molecule has 3 heteroatoms. The molecular weight excluding hydrogens is 212 g/mol. The lowest BCUT2D eigenvalue weighted by Gasteiger charge is -2.27. The Balaban J connectivity index is 2.06. The van der Waals surface area contributed by atoms with Crippen LogP contribution in [0.4, 0.5) is 0 Å². The van der Waals surface area contributed by atoms with E-state index in [-0.39, 0.29) is 5.91 Å². The zero-order chi connectivity index (χ0) is 12.5. The maximum atomic E-state index is 11.7. The maximum Gasteiger partial charge on any atom is 0.220 e. The van der Waals surface area contributed by atoms with E-state index in [0.29, 0.717) is 11.8 Å². The van der Waals surface area contributed by atoms with Crippen LogP contribution in [0.1, 0.15) is 58.3 Å². The van der Waals surface area contributed by atoms with E-state index < -0.39 is 0 Å². The average Bonchev–Trinajstić information content (AvgIpc) is 2.36. The fourth-order valence-electron chi connectivity index (χ4n) is 2.61. The minimum absolute atomic E-state index is 0.248. The molecule has 3 nitrogen and oxygen atoms in total. The summed E-state index contributed by atoms with van der Waals surface area (Å²) in [5.41, 5.74) is 5.66. The van der Waals surface area contributed by atoms with Crippen molar-refractivity contribution in [2.24, 2.45) is 17.6 Å². The number of unbranched alkanes of at least 4 members (excludes halogenated alkanes) is 2. The minimum atomic E-state index is 0.248. The highest BCUT2D eigenvalue weighted by Gasteiger charge is 2.21. The number of nitrogens with one attached hydrogen (secondary N) is 1. The van der Waals surface area contributed by atoms with Gasteiger partial charge < -0.3 is 11.1 Å². The van der Waals surface area contributed by atoms with Crippen molar-refractivity contribution in [3.63, 3.8) is 0 Å². The average molecular weight is 240 g/mol. The zero-order valence-corrected chi connectivity index (χ0v) is 11.2. The van der Waals surface area contributed by atoms with Crippen LogP contribution < -0.4 is 11.1 Å². The van der Waals surface area contributed by atoms with Crippen LogP contribution in [0.3, 0.4) is 0 Å². The topological polar surface area (TPSA) is 55.1 Å². The van der Waals surface area contributed by atoms with Gasteiger partial charge in [-0.2, -0.15) is 0 Å². The first kappa shape index (κ1) is 14.5. The summed E-state index contributed by atoms with van der Waals surface area (Å²) in [6.45, 7) is 3.85. The van der Waals surface area contributed by atoms with Crippen LogP contribution in [0.15, 0.2) is 0 Å². The fourth-order valence-corrected chi connectivity index (χ4v) is 2.61. The molecule has 0 saturated heterocycles. The molecule has 0 bridgehead atoms. The molecule has 0 aromatic rings. The first-order valence-electron chi connectivity index (χ1n) is 7.23. The number of nitrogens with two attached hydrogens (primary N) is 1. The van der Waals surface area contributed by atoms with Gasteiger partial charge in [-0.15, -0.1) is 0 Å². The Kier molecular flexibility index (Phi) is 7.25. The van der Waals surface area contributed by atoms with Gasteiger partial charge in [0.15, 0.2) is 0 Å². The number of carbonyl (C=O) groups excluding carboxylic acids is 1. The van der Waals surface area contributed by atoms with Crippen LogP contribution >= 0.6 is 0 Å². The molecule has 17 heavy (non-hydrogen) atoms. The van der Waals surface area contributed by atoms with Gasteiger partial charge in [-0.3, -0.25) is 4.79 Å². The minimum Gasteiger partial charge on any atom is -0.356 e. The Morgan fingerprint density at radius 1 is 1.18 bits per heavy atom. The second kappa shape index (κ2) is 8.51. The van der Waals surface area contributed by atoms with Crippen LogP contribution in [0.2, 0.25) is 0 Å². The third-order valence-corrected chi connectivity index (χ3v) is 3.88. The molecule has 0 aromatic heterocycles. The van der Waals surface area contributed by atoms with Crippen LogP contribution in [0.5, 0.6) is 0 Å². The molecule has 1 amide bonds. The normalized spacial score (nSPS) is 24.6. The molecule has 0 aliphatic heterocycles. The van der Waals surface area contributed by atoms with E-state index in [1.165, 1.54) is 38.5 Å². The van der Waals surface area contributed by atoms with Crippen molar-refractivity contribution in [1.82, 2.24) is 5.32 Å². The Labute approximate surface area is 106 Å². The third-order valence-electron chi connectivity index (χ3n) is 3.88. The second-order valence-corrected chi connectivity index (χ2v) is 5.38. The Bertz CT molecular complexity index is 210. The fraction of sp³-hybridized carbons (Fsp3) is 0.929. The molecule has 0 radical (unpaired) electrons. The predicted octanol–water partition coefficient (Wildman–Crippen LogP) is 2.45. The van der Waals surface area contributed by atoms with E-state index in [2.05, 4.69) is 12.2 Å². The molecule has 1 aliphatic carbocycles. The van der Waals surface area contributed by atoms with E-state index in [0.717, 1.165) is 25.9 Å². The molecule has 3 N–H and O–H groups in total. The van der Waals surface area contributed by atoms with Crippen LogP contribution in [0, 0.1) is 11.8 Å². The lowest BCUT2D eigenvalue weighted by Crippen LogP contribution is -2.29. The zero-order valence-electron chi connectivity index (χ0n) is 11.2. The predicted molar refractivity (Wildman–Crippen MR) is 71.7 cm³/mol. The Hall–Kier alpha value is -0.570. The quantitative estimate of drug-likeness (QED) is 0.672. The smallest absolute Gasteiger partial charge is 0.220 e. The summed E-state index contributed by atoms with van der Waals surface area (Å²) in [4.78, 5) is 11.7. The van der Waals surface area contributed by atoms with Gasteiger partial charge in [-0.1, -0.05) is 19.8 Å². The summed E-state index contributed by atoms with van der Waals surface area (Å²) in [6, 6.07) is 0. The molecule has 1 fully saturated rings. The standard InChI is InChI=1S/C14H28N2O/c1-2-3-4-9-16-14(17)10-12-5-7-13(11-15)8-6-12/h12-13H,2-11,15H2,1H3,(H,16,17). The SMILES string of the molecule is CCCCCNC(=O)CC1CCC(CN)CC1. The highest BCUT2D eigenvalue weighted by molar-refractivity contribution is 5.76. The molecule has 1 saturated carbocycles. The first-order chi connectivity index (χ1) is 8.26. The van der Waals surface area contributed by atoms with Gasteiger partial charge >= 0.3 is 0 Å². The van der Waals surface area contributed by atoms with Crippen molar-refractivity contribution >= 4 is 5.91 Å². The molecule has 1 aliphatic rings. The van der Waals surface area contributed by atoms with E-state index >= 15 is 0 Å². The molecule has 0 heterocycles. The van der Waals surface area contributed by atoms with E-state index in [1.54, 1.807) is 0 Å². The van der Waals surface area contributed by atoms with Crippen LogP contribution in [0.25, 0.3) is 0 Å². The van der Waals surface area contributed by atoms with E-state index in [4.69, 9.17) is 5.73 Å². The molecule has 0 spiro atoms. The number of hydrogen-bond acceptors (Lipinski definition) is 2. The summed E-state index contributed by atoms with van der Waals surface area (Å²) in [7, 11) is 0. The van der Waals surface area contributed by atoms with Crippen molar-refractivity contribution in [1.29, 1.82) is 0 Å². The number of rotatable bonds is 7. The number of amides is 1. The van der Waals surface area contributed by atoms with Crippen molar-refractivity contribution in [3.8, 4) is 0 Å². The molecule has 1 rings (SSSR count). The van der Waals surface area contributed by atoms with Crippen molar-refractivity contribution in [3.05, 3.63) is 0 Å². The van der Waals surface area contributed by atoms with Crippen molar-refractivity contribution < 1.29 is 4.79 Å². The second-order valence-electron chi connectivity index (χ2n) is 5.38. The van der Waals surface area contributed by atoms with Crippen molar-refractivity contribution in [2.75, 3.05) is 13.1 Å². The van der Waals surface area contributed by atoms with Gasteiger partial charge in [0.2, 0.25) is 5.91 Å². The van der Waals surface area contributed by atoms with Crippen LogP contribution in [-0.2, 0) is 4.79 Å². The summed E-state index contributed by atoms with van der Waals surface area (Å²) >= 11 is 0. The summed E-state index contributed by atoms with van der Waals surface area (Å²) < 4.78 is 0. The molecular formula is C14H28N2O. The first-order valence-corrected chi connectivity index (χ1v) is 7.23. The van der Waals surface area contributed by atoms with E-state index in [1.807, 2.05) is 0 Å². The van der Waals surface area contributed by atoms with Gasteiger partial charge in [0.1, 0.15) is 0 Å². The summed E-state index contributed by atoms with van der Waals surface area (Å²) in [6.07, 6.45) is 9.05. The maximum absolute atomic E-state index is 11.7. The van der Waals surface area contributed by atoms with Gasteiger partial charge in [-0.25, -0.2) is 0 Å². The van der Waals surface area contributed by atoms with Crippen molar-refractivity contribution in [2.45, 2.75) is 58.3 Å². The highest BCUT2D eigenvalue weighted by Crippen LogP contribution is 2.29. The van der Waals surface area contributed by atoms with Gasteiger partial charge in [0, 0.05) is 13.0 Å². The van der Waals surface area contributed by atoms with Crippen LogP contribution in [-0.4, -0.2) is 19.0 Å². The molecule has 0 unspecified atom stereocenters. The van der Waals surface area contributed by atoms with E-state index in [9.17, 15) is 4.79 Å². The summed E-state index contributed by atoms with van der Waals surface area (Å²) in [5, 5.41) is 3.03. The lowest BCUT2D eigenvalue weighted by molar-refractivity contribution is -0.122. The molecule has 100 valence electrons. The third kappa shape index (κ3) is 6.06. The monoisotopic (exact) mass is 240 g/mol. The summed E-state index contributed by atoms with van der Waals surface area (Å²) in [5.74, 6) is 1.56. The largest absolute Gasteiger partial charge is 0.356 e. The van der Waals surface area contributed by atoms with Gasteiger partial charge in [0.05, 0.1) is 0 Å². The molecule has 0 atom stereocenters.